The Balaban J connectivity index is -0.0000000977. The van der Waals surface area contributed by atoms with Crippen molar-refractivity contribution >= 4 is 53.4 Å². The van der Waals surface area contributed by atoms with Crippen molar-refractivity contribution in [3.8, 4) is 0 Å². The summed E-state index contributed by atoms with van der Waals surface area (Å²) in [6.45, 7) is 4.87. The van der Waals surface area contributed by atoms with Gasteiger partial charge in [0.25, 0.3) is 0 Å². The molecule has 0 saturated carbocycles. The maximum atomic E-state index is 8.25. The van der Waals surface area contributed by atoms with E-state index >= 15 is 0 Å². The van der Waals surface area contributed by atoms with E-state index < -0.39 is 20.8 Å². The number of aliphatic hydroxyl groups is 3. The minimum absolute atomic E-state index is 0.0773. The topological polar surface area (TPSA) is 60.7 Å². The number of rotatable bonds is 6. The van der Waals surface area contributed by atoms with Gasteiger partial charge in [0.2, 0.25) is 0 Å². The van der Waals surface area contributed by atoms with Crippen molar-refractivity contribution in [1.82, 2.24) is 0 Å². The van der Waals surface area contributed by atoms with E-state index in [1.165, 1.54) is 0 Å². The van der Waals surface area contributed by atoms with Crippen LogP contribution in [0.15, 0.2) is 0 Å². The molecule has 21 heavy (non-hydrogen) atoms. The van der Waals surface area contributed by atoms with E-state index in [9.17, 15) is 0 Å². The number of hydrogen-bond acceptors (Lipinski definition) is 3. The fraction of sp³-hybridized carbons (Fsp3) is 1.00. The van der Waals surface area contributed by atoms with Crippen LogP contribution in [-0.4, -0.2) is 38.9 Å². The summed E-state index contributed by atoms with van der Waals surface area (Å²) in [5, 5.41) is 24.4. The number of aliphatic hydroxyl groups excluding tert-OH is 3. The van der Waals surface area contributed by atoms with Gasteiger partial charge in [0.1, 0.15) is 0 Å². The van der Waals surface area contributed by atoms with Crippen LogP contribution in [-0.2, 0) is 17.0 Å². The van der Waals surface area contributed by atoms with Crippen LogP contribution >= 0.6 is 53.4 Å². The average Bonchev–Trinajstić information content (AvgIpc) is 2.40. The molecule has 0 unspecified atom stereocenters. The van der Waals surface area contributed by atoms with Gasteiger partial charge in [-0.2, -0.15) is 0 Å². The van der Waals surface area contributed by atoms with Crippen molar-refractivity contribution in [2.45, 2.75) is 56.2 Å². The van der Waals surface area contributed by atoms with E-state index in [-0.39, 0.29) is 6.61 Å². The first kappa shape index (κ1) is 30.9. The molecule has 0 spiro atoms. The van der Waals surface area contributed by atoms with Crippen LogP contribution in [0.4, 0.5) is 0 Å². The number of halogens is 5. The molecule has 3 nitrogen and oxygen atoms in total. The Morgan fingerprint density at radius 2 is 1.05 bits per heavy atom. The number of unbranched alkanes of at least 4 members (excludes halogenated alkanes) is 2. The number of alkyl halides is 3. The second-order valence-electron chi connectivity index (χ2n) is 3.67. The Hall–Kier alpha value is 2.04. The summed E-state index contributed by atoms with van der Waals surface area (Å²) in [4.78, 5) is 0. The molecular formula is C12H27Cl5O3Ti. The third kappa shape index (κ3) is 72.6. The molecule has 0 aliphatic heterocycles. The molecule has 0 fully saturated rings. The van der Waals surface area contributed by atoms with Crippen LogP contribution in [0.5, 0.6) is 0 Å². The molecular weight excluding hydrogens is 417 g/mol. The summed E-state index contributed by atoms with van der Waals surface area (Å²) in [6.07, 6.45) is 5.03. The average molecular weight is 444 g/mol. The first-order chi connectivity index (χ1) is 9.80. The summed E-state index contributed by atoms with van der Waals surface area (Å²) in [5.41, 5.74) is 0. The van der Waals surface area contributed by atoms with Crippen LogP contribution in [0.2, 0.25) is 0 Å². The van der Waals surface area contributed by atoms with Crippen LogP contribution in [0.3, 0.4) is 0 Å². The molecule has 0 atom stereocenters. The molecule has 0 bridgehead atoms. The molecule has 0 radical (unpaired) electrons. The molecule has 132 valence electrons. The van der Waals surface area contributed by atoms with E-state index in [1.807, 2.05) is 0 Å². The zero-order chi connectivity index (χ0) is 17.6. The van der Waals surface area contributed by atoms with Crippen LogP contribution in [0.25, 0.3) is 0 Å². The molecule has 0 rings (SSSR count). The SMILES string of the molecule is CCCCO.CCCCO.OCCCC(Cl)(Cl)Cl.[Cl][Ti][Cl]. The molecule has 3 N–H and O–H groups in total. The van der Waals surface area contributed by atoms with E-state index in [2.05, 4.69) is 13.8 Å². The second-order valence-corrected chi connectivity index (χ2v) is 8.76. The van der Waals surface area contributed by atoms with Gasteiger partial charge in [0, 0.05) is 19.8 Å². The monoisotopic (exact) mass is 442 g/mol. The summed E-state index contributed by atoms with van der Waals surface area (Å²) in [5.74, 6) is 0. The fourth-order valence-corrected chi connectivity index (χ4v) is 0.997. The third-order valence-corrected chi connectivity index (χ3v) is 2.21. The molecule has 9 heteroatoms. The van der Waals surface area contributed by atoms with Crippen molar-refractivity contribution < 1.29 is 32.4 Å². The molecule has 0 aliphatic rings. The van der Waals surface area contributed by atoms with Crippen LogP contribution in [0, 0.1) is 0 Å². The first-order valence-electron chi connectivity index (χ1n) is 6.66. The summed E-state index contributed by atoms with van der Waals surface area (Å²) < 4.78 is -1.19. The zero-order valence-corrected chi connectivity index (χ0v) is 17.9. The van der Waals surface area contributed by atoms with Gasteiger partial charge in [-0.1, -0.05) is 61.5 Å². The minimum atomic E-state index is -1.19. The van der Waals surface area contributed by atoms with Gasteiger partial charge in [-0.3, -0.25) is 0 Å². The van der Waals surface area contributed by atoms with Gasteiger partial charge < -0.3 is 15.3 Å². The zero-order valence-electron chi connectivity index (χ0n) is 12.6. The van der Waals surface area contributed by atoms with E-state index in [0.29, 0.717) is 26.1 Å². The Kier molecular flexibility index (Phi) is 44.1. The summed E-state index contributed by atoms with van der Waals surface area (Å²) >= 11 is 15.4. The number of hydrogen-bond donors (Lipinski definition) is 3. The molecule has 0 aromatic carbocycles. The Bertz CT molecular complexity index is 141. The summed E-state index contributed by atoms with van der Waals surface area (Å²) in [6, 6.07) is 0. The van der Waals surface area contributed by atoms with E-state index in [4.69, 9.17) is 68.7 Å². The second kappa shape index (κ2) is 30.0. The fourth-order valence-electron chi connectivity index (χ4n) is 0.596. The van der Waals surface area contributed by atoms with Gasteiger partial charge in [-0.15, -0.1) is 0 Å². The van der Waals surface area contributed by atoms with Gasteiger partial charge in [0.15, 0.2) is 3.79 Å². The molecule has 0 aromatic rings. The standard InChI is InChI=1S/C4H7Cl3O.2C4H10O.2ClH.Ti/c5-4(6,7)2-1-3-8;2*1-2-3-4-5;;;/h8H,1-3H2;2*5H,2-4H2,1H3;2*1H;/q;;;;;+2/p-2. The van der Waals surface area contributed by atoms with Gasteiger partial charge in [-0.25, -0.2) is 0 Å². The molecule has 0 aliphatic carbocycles. The quantitative estimate of drug-likeness (QED) is 0.396. The Labute approximate surface area is 160 Å². The molecule has 0 heterocycles. The van der Waals surface area contributed by atoms with Gasteiger partial charge in [-0.05, 0) is 25.7 Å². The van der Waals surface area contributed by atoms with Crippen molar-refractivity contribution in [2.75, 3.05) is 19.8 Å². The molecule has 0 saturated heterocycles. The van der Waals surface area contributed by atoms with Gasteiger partial charge in [0.05, 0.1) is 0 Å². The Morgan fingerprint density at radius 3 is 1.10 bits per heavy atom. The van der Waals surface area contributed by atoms with Gasteiger partial charge >= 0.3 is 35.6 Å². The van der Waals surface area contributed by atoms with E-state index in [0.717, 1.165) is 25.7 Å². The predicted molar refractivity (Wildman–Crippen MR) is 92.3 cm³/mol. The van der Waals surface area contributed by atoms with E-state index in [1.54, 1.807) is 0 Å². The van der Waals surface area contributed by atoms with Crippen LogP contribution in [0.1, 0.15) is 52.4 Å². The maximum absolute atomic E-state index is 8.25. The molecule has 0 amide bonds. The molecule has 0 aromatic heterocycles. The first-order valence-corrected chi connectivity index (χ1v) is 12.1. The normalized spacial score (nSPS) is 9.24. The van der Waals surface area contributed by atoms with Crippen molar-refractivity contribution in [2.24, 2.45) is 0 Å². The van der Waals surface area contributed by atoms with Crippen molar-refractivity contribution in [3.63, 3.8) is 0 Å². The third-order valence-electron chi connectivity index (χ3n) is 1.64. The van der Waals surface area contributed by atoms with Crippen molar-refractivity contribution in [1.29, 1.82) is 0 Å². The van der Waals surface area contributed by atoms with Crippen molar-refractivity contribution in [3.05, 3.63) is 0 Å². The predicted octanol–water partition coefficient (Wildman–Crippen LogP) is 5.06. The van der Waals surface area contributed by atoms with Crippen LogP contribution < -0.4 is 0 Å². The Morgan fingerprint density at radius 1 is 0.762 bits per heavy atom. The summed E-state index contributed by atoms with van der Waals surface area (Å²) in [7, 11) is 9.78.